The number of carbonyl (C=O) groups is 2. The number of ketones is 1. The first kappa shape index (κ1) is 22.3. The first-order chi connectivity index (χ1) is 14.8. The number of hydrogen-bond donors (Lipinski definition) is 0. The zero-order valence-electron chi connectivity index (χ0n) is 18.3. The van der Waals surface area contributed by atoms with Crippen LogP contribution in [0.2, 0.25) is 0 Å². The smallest absolute Gasteiger partial charge is 0.226 e. The van der Waals surface area contributed by atoms with Crippen molar-refractivity contribution in [1.82, 2.24) is 9.97 Å². The highest BCUT2D eigenvalue weighted by atomic mass is 19.1. The van der Waals surface area contributed by atoms with Gasteiger partial charge in [0.1, 0.15) is 0 Å². The van der Waals surface area contributed by atoms with Gasteiger partial charge in [0.25, 0.3) is 0 Å². The van der Waals surface area contributed by atoms with Crippen LogP contribution in [0.1, 0.15) is 46.9 Å². The van der Waals surface area contributed by atoms with Gasteiger partial charge in [0.05, 0.1) is 5.69 Å². The molecule has 0 radical (unpaired) electrons. The van der Waals surface area contributed by atoms with Crippen LogP contribution in [0.25, 0.3) is 11.3 Å². The van der Waals surface area contributed by atoms with Gasteiger partial charge in [-0.25, -0.2) is 4.98 Å². The summed E-state index contributed by atoms with van der Waals surface area (Å²) in [7, 11) is 1.77. The second kappa shape index (κ2) is 9.60. The van der Waals surface area contributed by atoms with Crippen molar-refractivity contribution in [2.45, 2.75) is 40.0 Å². The van der Waals surface area contributed by atoms with Crippen molar-refractivity contribution in [3.05, 3.63) is 77.0 Å². The molecule has 0 spiro atoms. The molecule has 0 aliphatic rings. The SMILES string of the molecule is CCC(=O)N(C)c1ccc(-c2ccc(C(=O)CCc3ccc(F)nc3C)cn2)cc1C. The summed E-state index contributed by atoms with van der Waals surface area (Å²) in [5.74, 6) is -0.475. The van der Waals surface area contributed by atoms with Crippen LogP contribution in [0.4, 0.5) is 10.1 Å². The normalized spacial score (nSPS) is 10.7. The molecular formula is C25H26FN3O2. The molecule has 2 heterocycles. The van der Waals surface area contributed by atoms with Crippen LogP contribution >= 0.6 is 0 Å². The third-order valence-corrected chi connectivity index (χ3v) is 5.40. The molecule has 0 unspecified atom stereocenters. The van der Waals surface area contributed by atoms with E-state index >= 15 is 0 Å². The lowest BCUT2D eigenvalue weighted by Crippen LogP contribution is -2.25. The molecule has 1 amide bonds. The van der Waals surface area contributed by atoms with E-state index in [0.29, 0.717) is 30.5 Å². The van der Waals surface area contributed by atoms with Gasteiger partial charge in [-0.15, -0.1) is 0 Å². The molecule has 0 aliphatic heterocycles. The zero-order valence-corrected chi connectivity index (χ0v) is 18.3. The molecule has 160 valence electrons. The summed E-state index contributed by atoms with van der Waals surface area (Å²) < 4.78 is 13.1. The van der Waals surface area contributed by atoms with Gasteiger partial charge < -0.3 is 4.90 Å². The average Bonchev–Trinajstić information content (AvgIpc) is 2.77. The van der Waals surface area contributed by atoms with E-state index in [1.54, 1.807) is 37.2 Å². The fourth-order valence-electron chi connectivity index (χ4n) is 3.51. The van der Waals surface area contributed by atoms with Crippen LogP contribution in [0, 0.1) is 19.8 Å². The minimum atomic E-state index is -0.515. The summed E-state index contributed by atoms with van der Waals surface area (Å²) in [6, 6.07) is 12.4. The van der Waals surface area contributed by atoms with Gasteiger partial charge >= 0.3 is 0 Å². The number of hydrogen-bond acceptors (Lipinski definition) is 4. The van der Waals surface area contributed by atoms with Gasteiger partial charge in [0.15, 0.2) is 5.78 Å². The summed E-state index contributed by atoms with van der Waals surface area (Å²) in [4.78, 5) is 34.4. The second-order valence-electron chi connectivity index (χ2n) is 7.54. The van der Waals surface area contributed by atoms with Gasteiger partial charge in [-0.05, 0) is 61.7 Å². The number of benzene rings is 1. The summed E-state index contributed by atoms with van der Waals surface area (Å²) in [5.41, 5.74) is 5.53. The van der Waals surface area contributed by atoms with E-state index in [1.165, 1.54) is 6.07 Å². The third kappa shape index (κ3) is 5.20. The van der Waals surface area contributed by atoms with E-state index in [0.717, 1.165) is 28.1 Å². The highest BCUT2D eigenvalue weighted by molar-refractivity contribution is 5.96. The molecule has 0 fully saturated rings. The monoisotopic (exact) mass is 419 g/mol. The summed E-state index contributed by atoms with van der Waals surface area (Å²) in [6.07, 6.45) is 2.85. The molecule has 0 saturated carbocycles. The number of anilines is 1. The molecule has 1 aromatic carbocycles. The quantitative estimate of drug-likeness (QED) is 0.395. The number of amides is 1. The Kier molecular flexibility index (Phi) is 6.90. The Hall–Kier alpha value is -3.41. The van der Waals surface area contributed by atoms with E-state index in [2.05, 4.69) is 9.97 Å². The Morgan fingerprint density at radius 3 is 2.45 bits per heavy atom. The highest BCUT2D eigenvalue weighted by Gasteiger charge is 2.13. The Morgan fingerprint density at radius 1 is 1.06 bits per heavy atom. The standard InChI is InChI=1S/C25H26FN3O2/c1-5-25(31)29(4)22-11-7-19(14-16(22)2)21-10-6-20(15-27-21)23(30)12-8-18-9-13-24(26)28-17(18)3/h6-7,9-11,13-15H,5,8,12H2,1-4H3. The Bertz CT molecular complexity index is 1110. The van der Waals surface area contributed by atoms with Crippen LogP contribution in [-0.2, 0) is 11.2 Å². The topological polar surface area (TPSA) is 63.2 Å². The van der Waals surface area contributed by atoms with E-state index < -0.39 is 5.95 Å². The Balaban J connectivity index is 1.70. The first-order valence-electron chi connectivity index (χ1n) is 10.3. The van der Waals surface area contributed by atoms with Crippen molar-refractivity contribution in [3.8, 4) is 11.3 Å². The van der Waals surface area contributed by atoms with Crippen LogP contribution in [0.3, 0.4) is 0 Å². The second-order valence-corrected chi connectivity index (χ2v) is 7.54. The molecule has 31 heavy (non-hydrogen) atoms. The van der Waals surface area contributed by atoms with Crippen molar-refractivity contribution < 1.29 is 14.0 Å². The lowest BCUT2D eigenvalue weighted by Gasteiger charge is -2.19. The van der Waals surface area contributed by atoms with Gasteiger partial charge in [0.2, 0.25) is 11.9 Å². The summed E-state index contributed by atoms with van der Waals surface area (Å²) in [6.45, 7) is 5.54. The predicted octanol–water partition coefficient (Wildman–Crippen LogP) is 5.09. The summed E-state index contributed by atoms with van der Waals surface area (Å²) in [5, 5.41) is 0. The van der Waals surface area contributed by atoms with Crippen molar-refractivity contribution in [3.63, 3.8) is 0 Å². The van der Waals surface area contributed by atoms with Crippen LogP contribution in [0.15, 0.2) is 48.7 Å². The predicted molar refractivity (Wildman–Crippen MR) is 120 cm³/mol. The largest absolute Gasteiger partial charge is 0.315 e. The Labute approximate surface area is 182 Å². The van der Waals surface area contributed by atoms with Crippen LogP contribution < -0.4 is 4.90 Å². The highest BCUT2D eigenvalue weighted by Crippen LogP contribution is 2.26. The number of carbonyl (C=O) groups excluding carboxylic acids is 2. The lowest BCUT2D eigenvalue weighted by atomic mass is 10.0. The third-order valence-electron chi connectivity index (χ3n) is 5.40. The molecule has 0 N–H and O–H groups in total. The van der Waals surface area contributed by atoms with E-state index in [9.17, 15) is 14.0 Å². The van der Waals surface area contributed by atoms with Crippen molar-refractivity contribution in [2.24, 2.45) is 0 Å². The molecule has 0 saturated heterocycles. The Morgan fingerprint density at radius 2 is 1.84 bits per heavy atom. The maximum Gasteiger partial charge on any atom is 0.226 e. The van der Waals surface area contributed by atoms with Crippen LogP contribution in [0.5, 0.6) is 0 Å². The average molecular weight is 420 g/mol. The van der Waals surface area contributed by atoms with E-state index in [4.69, 9.17) is 0 Å². The molecule has 5 nitrogen and oxygen atoms in total. The molecule has 6 heteroatoms. The van der Waals surface area contributed by atoms with Gasteiger partial charge in [-0.1, -0.05) is 19.1 Å². The minimum Gasteiger partial charge on any atom is -0.315 e. The lowest BCUT2D eigenvalue weighted by molar-refractivity contribution is -0.118. The minimum absolute atomic E-state index is 0.0194. The number of halogens is 1. The van der Waals surface area contributed by atoms with Gasteiger partial charge in [0, 0.05) is 48.6 Å². The van der Waals surface area contributed by atoms with E-state index in [-0.39, 0.29) is 11.7 Å². The number of pyridine rings is 2. The molecule has 0 aliphatic carbocycles. The molecule has 3 aromatic rings. The van der Waals surface area contributed by atoms with Gasteiger partial charge in [-0.2, -0.15) is 4.39 Å². The number of nitrogens with zero attached hydrogens (tertiary/aromatic N) is 3. The first-order valence-corrected chi connectivity index (χ1v) is 10.3. The molecule has 2 aromatic heterocycles. The number of rotatable bonds is 7. The number of aryl methyl sites for hydroxylation is 3. The number of aromatic nitrogens is 2. The molecular weight excluding hydrogens is 393 g/mol. The molecule has 0 atom stereocenters. The maximum absolute atomic E-state index is 13.1. The van der Waals surface area contributed by atoms with Crippen molar-refractivity contribution in [1.29, 1.82) is 0 Å². The van der Waals surface area contributed by atoms with E-state index in [1.807, 2.05) is 38.1 Å². The van der Waals surface area contributed by atoms with Crippen molar-refractivity contribution >= 4 is 17.4 Å². The zero-order chi connectivity index (χ0) is 22.5. The fraction of sp³-hybridized carbons (Fsp3) is 0.280. The van der Waals surface area contributed by atoms with Crippen LogP contribution in [-0.4, -0.2) is 28.7 Å². The van der Waals surface area contributed by atoms with Crippen molar-refractivity contribution in [2.75, 3.05) is 11.9 Å². The fourth-order valence-corrected chi connectivity index (χ4v) is 3.51. The molecule has 0 bridgehead atoms. The summed E-state index contributed by atoms with van der Waals surface area (Å²) >= 11 is 0. The maximum atomic E-state index is 13.1. The van der Waals surface area contributed by atoms with Gasteiger partial charge in [-0.3, -0.25) is 14.6 Å². The molecule has 3 rings (SSSR count). The number of Topliss-reactive ketones (excluding diaryl/α,β-unsaturated/α-hetero) is 1.